The van der Waals surface area contributed by atoms with E-state index in [1.54, 1.807) is 19.1 Å². The van der Waals surface area contributed by atoms with Crippen molar-refractivity contribution in [2.24, 2.45) is 5.16 Å². The second kappa shape index (κ2) is 5.67. The summed E-state index contributed by atoms with van der Waals surface area (Å²) in [5, 5.41) is 3.39. The van der Waals surface area contributed by atoms with Crippen molar-refractivity contribution in [3.63, 3.8) is 0 Å². The van der Waals surface area contributed by atoms with Crippen molar-refractivity contribution in [2.75, 3.05) is 6.61 Å². The monoisotopic (exact) mass is 257 g/mol. The van der Waals surface area contributed by atoms with E-state index in [1.807, 2.05) is 6.92 Å². The van der Waals surface area contributed by atoms with Gasteiger partial charge in [0.25, 0.3) is 0 Å². The molecule has 1 aromatic rings. The van der Waals surface area contributed by atoms with Gasteiger partial charge in [0.15, 0.2) is 0 Å². The Morgan fingerprint density at radius 2 is 1.88 bits per heavy atom. The molecule has 0 bridgehead atoms. The quantitative estimate of drug-likeness (QED) is 0.470. The van der Waals surface area contributed by atoms with Crippen molar-refractivity contribution < 1.29 is 17.4 Å². The average Bonchev–Trinajstić information content (AvgIpc) is 2.28. The molecule has 0 aliphatic carbocycles. The number of aryl methyl sites for hydroxylation is 1. The van der Waals surface area contributed by atoms with Crippen LogP contribution in [0.3, 0.4) is 0 Å². The molecule has 5 nitrogen and oxygen atoms in total. The molecule has 1 rings (SSSR count). The molecule has 0 saturated heterocycles. The summed E-state index contributed by atoms with van der Waals surface area (Å²) in [5.41, 5.74) is 0.970. The van der Waals surface area contributed by atoms with Gasteiger partial charge in [0.05, 0.1) is 6.61 Å². The Kier molecular flexibility index (Phi) is 4.51. The molecule has 0 spiro atoms. The maximum Gasteiger partial charge on any atom is 0.358 e. The molecule has 0 aliphatic rings. The van der Waals surface area contributed by atoms with E-state index in [4.69, 9.17) is 4.74 Å². The van der Waals surface area contributed by atoms with Crippen LogP contribution in [0, 0.1) is 6.92 Å². The molecule has 1 aromatic carbocycles. The van der Waals surface area contributed by atoms with Gasteiger partial charge in [-0.3, -0.25) is 4.28 Å². The van der Waals surface area contributed by atoms with Crippen LogP contribution in [-0.2, 0) is 19.1 Å². The van der Waals surface area contributed by atoms with Gasteiger partial charge in [0, 0.05) is 6.92 Å². The van der Waals surface area contributed by atoms with E-state index in [-0.39, 0.29) is 10.8 Å². The first-order valence-electron chi connectivity index (χ1n) is 5.13. The molecular formula is C11H15NO4S. The first-order valence-corrected chi connectivity index (χ1v) is 6.54. The molecule has 0 amide bonds. The fourth-order valence-electron chi connectivity index (χ4n) is 1.08. The molecule has 0 heterocycles. The molecule has 0 aromatic heterocycles. The van der Waals surface area contributed by atoms with Crippen LogP contribution >= 0.6 is 0 Å². The number of oxime groups is 1. The third-order valence-corrected chi connectivity index (χ3v) is 3.05. The first-order chi connectivity index (χ1) is 7.95. The standard InChI is InChI=1S/C11H15NO4S/c1-4-15-10(3)12-16-17(13,14)11-7-5-9(2)6-8-11/h5-8H,4H2,1-3H3/b12-10+. The van der Waals surface area contributed by atoms with Gasteiger partial charge in [0.2, 0.25) is 5.90 Å². The highest BCUT2D eigenvalue weighted by Crippen LogP contribution is 2.13. The Balaban J connectivity index is 2.82. The zero-order valence-corrected chi connectivity index (χ0v) is 10.8. The highest BCUT2D eigenvalue weighted by Gasteiger charge is 2.15. The van der Waals surface area contributed by atoms with Crippen LogP contribution in [0.1, 0.15) is 19.4 Å². The summed E-state index contributed by atoms with van der Waals surface area (Å²) in [7, 11) is -3.86. The van der Waals surface area contributed by atoms with E-state index in [0.29, 0.717) is 6.61 Å². The Morgan fingerprint density at radius 1 is 1.29 bits per heavy atom. The van der Waals surface area contributed by atoms with Crippen molar-refractivity contribution in [2.45, 2.75) is 25.7 Å². The molecule has 17 heavy (non-hydrogen) atoms. The van der Waals surface area contributed by atoms with Crippen LogP contribution in [-0.4, -0.2) is 20.9 Å². The smallest absolute Gasteiger partial charge is 0.358 e. The summed E-state index contributed by atoms with van der Waals surface area (Å²) < 4.78 is 32.8. The van der Waals surface area contributed by atoms with Crippen LogP contribution < -0.4 is 0 Å². The summed E-state index contributed by atoms with van der Waals surface area (Å²) in [6.07, 6.45) is 0. The number of hydrogen-bond acceptors (Lipinski definition) is 5. The van der Waals surface area contributed by atoms with Crippen LogP contribution in [0.25, 0.3) is 0 Å². The van der Waals surface area contributed by atoms with Gasteiger partial charge in [-0.05, 0) is 31.1 Å². The second-order valence-electron chi connectivity index (χ2n) is 3.39. The SMILES string of the molecule is CCO/C(C)=N/OS(=O)(=O)c1ccc(C)cc1. The fraction of sp³-hybridized carbons (Fsp3) is 0.364. The molecule has 0 aliphatic heterocycles. The lowest BCUT2D eigenvalue weighted by Crippen LogP contribution is -2.06. The zero-order valence-electron chi connectivity index (χ0n) is 10.0. The van der Waals surface area contributed by atoms with Gasteiger partial charge in [-0.1, -0.05) is 17.7 Å². The minimum Gasteiger partial charge on any atom is -0.479 e. The minimum absolute atomic E-state index is 0.0659. The molecular weight excluding hydrogens is 242 g/mol. The molecule has 94 valence electrons. The summed E-state index contributed by atoms with van der Waals surface area (Å²) in [6, 6.07) is 6.32. The van der Waals surface area contributed by atoms with E-state index in [9.17, 15) is 8.42 Å². The number of hydrogen-bond donors (Lipinski definition) is 0. The lowest BCUT2D eigenvalue weighted by atomic mass is 10.2. The third kappa shape index (κ3) is 4.07. The molecule has 6 heteroatoms. The van der Waals surface area contributed by atoms with Crippen molar-refractivity contribution in [3.05, 3.63) is 29.8 Å². The predicted molar refractivity (Wildman–Crippen MR) is 64.2 cm³/mol. The largest absolute Gasteiger partial charge is 0.479 e. The van der Waals surface area contributed by atoms with E-state index in [0.717, 1.165) is 5.56 Å². The summed E-state index contributed by atoms with van der Waals surface area (Å²) in [6.45, 7) is 5.57. The van der Waals surface area contributed by atoms with E-state index >= 15 is 0 Å². The number of rotatable bonds is 4. The average molecular weight is 257 g/mol. The maximum absolute atomic E-state index is 11.7. The van der Waals surface area contributed by atoms with E-state index in [1.165, 1.54) is 19.1 Å². The fourth-order valence-corrected chi connectivity index (χ4v) is 1.84. The number of nitrogens with zero attached hydrogens (tertiary/aromatic N) is 1. The van der Waals surface area contributed by atoms with E-state index < -0.39 is 10.1 Å². The van der Waals surface area contributed by atoms with Crippen LogP contribution in [0.5, 0.6) is 0 Å². The topological polar surface area (TPSA) is 65.0 Å². The second-order valence-corrected chi connectivity index (χ2v) is 4.91. The minimum atomic E-state index is -3.86. The van der Waals surface area contributed by atoms with E-state index in [2.05, 4.69) is 9.44 Å². The Labute approximate surface area is 101 Å². The van der Waals surface area contributed by atoms with Crippen LogP contribution in [0.15, 0.2) is 34.3 Å². The third-order valence-electron chi connectivity index (χ3n) is 1.93. The molecule has 0 N–H and O–H groups in total. The van der Waals surface area contributed by atoms with Crippen molar-refractivity contribution in [1.29, 1.82) is 0 Å². The highest BCUT2D eigenvalue weighted by atomic mass is 32.2. The lowest BCUT2D eigenvalue weighted by Gasteiger charge is -2.03. The van der Waals surface area contributed by atoms with Gasteiger partial charge in [-0.25, -0.2) is 0 Å². The van der Waals surface area contributed by atoms with Crippen LogP contribution in [0.4, 0.5) is 0 Å². The summed E-state index contributed by atoms with van der Waals surface area (Å²) in [5.74, 6) is 0.170. The van der Waals surface area contributed by atoms with Crippen LogP contribution in [0.2, 0.25) is 0 Å². The van der Waals surface area contributed by atoms with Crippen molar-refractivity contribution in [3.8, 4) is 0 Å². The van der Waals surface area contributed by atoms with Gasteiger partial charge in [-0.15, -0.1) is 0 Å². The number of benzene rings is 1. The molecule has 0 unspecified atom stereocenters. The van der Waals surface area contributed by atoms with Gasteiger partial charge < -0.3 is 4.74 Å². The zero-order chi connectivity index (χ0) is 12.9. The summed E-state index contributed by atoms with van der Waals surface area (Å²) in [4.78, 5) is 0.0659. The predicted octanol–water partition coefficient (Wildman–Crippen LogP) is 2.07. The Hall–Kier alpha value is -1.56. The molecule has 0 saturated carbocycles. The Morgan fingerprint density at radius 3 is 2.41 bits per heavy atom. The maximum atomic E-state index is 11.7. The Bertz CT molecular complexity index is 491. The van der Waals surface area contributed by atoms with Gasteiger partial charge in [-0.2, -0.15) is 8.42 Å². The number of ether oxygens (including phenoxy) is 1. The normalized spacial score (nSPS) is 12.3. The first kappa shape index (κ1) is 13.5. The molecule has 0 radical (unpaired) electrons. The lowest BCUT2D eigenvalue weighted by molar-refractivity contribution is 0.277. The van der Waals surface area contributed by atoms with Crippen molar-refractivity contribution in [1.82, 2.24) is 0 Å². The summed E-state index contributed by atoms with van der Waals surface area (Å²) >= 11 is 0. The van der Waals surface area contributed by atoms with Gasteiger partial charge >= 0.3 is 10.1 Å². The van der Waals surface area contributed by atoms with Crippen molar-refractivity contribution >= 4 is 16.0 Å². The molecule has 0 fully saturated rings. The highest BCUT2D eigenvalue weighted by molar-refractivity contribution is 7.86. The van der Waals surface area contributed by atoms with Gasteiger partial charge in [0.1, 0.15) is 4.90 Å². The molecule has 0 atom stereocenters.